The fourth-order valence-electron chi connectivity index (χ4n) is 4.39. The molecule has 31 heavy (non-hydrogen) atoms. The first kappa shape index (κ1) is 19.1. The number of likely N-dealkylation sites (tertiary alicyclic amines) is 1. The number of pyridine rings is 1. The molecule has 0 saturated carbocycles. The summed E-state index contributed by atoms with van der Waals surface area (Å²) < 4.78 is 11.6. The van der Waals surface area contributed by atoms with E-state index >= 15 is 0 Å². The van der Waals surface area contributed by atoms with Gasteiger partial charge in [0.25, 0.3) is 0 Å². The molecule has 0 spiro atoms. The highest BCUT2D eigenvalue weighted by molar-refractivity contribution is 5.79. The van der Waals surface area contributed by atoms with Crippen molar-refractivity contribution in [2.75, 3.05) is 19.7 Å². The first-order chi connectivity index (χ1) is 15.2. The van der Waals surface area contributed by atoms with Crippen LogP contribution in [-0.4, -0.2) is 41.8 Å². The van der Waals surface area contributed by atoms with Gasteiger partial charge in [0.15, 0.2) is 0 Å². The SMILES string of the molecule is N#Cc1ccnc(OC2CCN(C(=O)OCC3c4ccccc4-c4ccccc43)C2)c1. The van der Waals surface area contributed by atoms with Crippen LogP contribution in [0.25, 0.3) is 11.1 Å². The number of nitriles is 1. The van der Waals surface area contributed by atoms with Gasteiger partial charge in [0.2, 0.25) is 5.88 Å². The first-order valence-electron chi connectivity index (χ1n) is 10.4. The third kappa shape index (κ3) is 3.71. The molecule has 1 saturated heterocycles. The predicted molar refractivity (Wildman–Crippen MR) is 115 cm³/mol. The molecule has 2 aliphatic rings. The van der Waals surface area contributed by atoms with Crippen LogP contribution >= 0.6 is 0 Å². The Morgan fingerprint density at radius 3 is 2.52 bits per heavy atom. The lowest BCUT2D eigenvalue weighted by atomic mass is 9.98. The summed E-state index contributed by atoms with van der Waals surface area (Å²) in [6, 6.07) is 21.9. The quantitative estimate of drug-likeness (QED) is 0.638. The number of carbonyl (C=O) groups is 1. The number of fused-ring (bicyclic) bond motifs is 3. The summed E-state index contributed by atoms with van der Waals surface area (Å²) in [6.45, 7) is 1.31. The summed E-state index contributed by atoms with van der Waals surface area (Å²) in [7, 11) is 0. The zero-order chi connectivity index (χ0) is 21.2. The Balaban J connectivity index is 1.21. The Morgan fingerprint density at radius 1 is 1.10 bits per heavy atom. The van der Waals surface area contributed by atoms with Gasteiger partial charge < -0.3 is 14.4 Å². The third-order valence-corrected chi connectivity index (χ3v) is 5.89. The molecule has 1 amide bonds. The van der Waals surface area contributed by atoms with Crippen LogP contribution in [0, 0.1) is 11.3 Å². The van der Waals surface area contributed by atoms with E-state index in [1.54, 1.807) is 23.2 Å². The van der Waals surface area contributed by atoms with Crippen molar-refractivity contribution in [3.8, 4) is 23.1 Å². The summed E-state index contributed by atoms with van der Waals surface area (Å²) in [5.74, 6) is 0.447. The molecule has 0 N–H and O–H groups in total. The predicted octanol–water partition coefficient (Wildman–Crippen LogP) is 4.36. The molecule has 1 unspecified atom stereocenters. The maximum Gasteiger partial charge on any atom is 0.409 e. The maximum absolute atomic E-state index is 12.7. The molecule has 1 aliphatic heterocycles. The minimum atomic E-state index is -0.327. The van der Waals surface area contributed by atoms with E-state index in [0.29, 0.717) is 37.6 Å². The van der Waals surface area contributed by atoms with Crippen LogP contribution in [0.1, 0.15) is 29.0 Å². The van der Waals surface area contributed by atoms with Gasteiger partial charge in [0.1, 0.15) is 12.7 Å². The lowest BCUT2D eigenvalue weighted by Gasteiger charge is -2.19. The highest BCUT2D eigenvalue weighted by atomic mass is 16.6. The molecule has 6 nitrogen and oxygen atoms in total. The monoisotopic (exact) mass is 411 g/mol. The molecule has 1 atom stereocenters. The summed E-state index contributed by atoms with van der Waals surface area (Å²) >= 11 is 0. The van der Waals surface area contributed by atoms with Gasteiger partial charge in [-0.1, -0.05) is 48.5 Å². The van der Waals surface area contributed by atoms with E-state index in [1.807, 2.05) is 24.3 Å². The number of carbonyl (C=O) groups excluding carboxylic acids is 1. The Morgan fingerprint density at radius 2 is 1.81 bits per heavy atom. The minimum absolute atomic E-state index is 0.0453. The number of ether oxygens (including phenoxy) is 2. The van der Waals surface area contributed by atoms with Crippen molar-refractivity contribution < 1.29 is 14.3 Å². The fraction of sp³-hybridized carbons (Fsp3) is 0.240. The molecule has 0 radical (unpaired) electrons. The molecule has 3 aromatic rings. The third-order valence-electron chi connectivity index (χ3n) is 5.89. The van der Waals surface area contributed by atoms with Gasteiger partial charge in [-0.05, 0) is 28.3 Å². The number of amides is 1. The second-order valence-electron chi connectivity index (χ2n) is 7.77. The topological polar surface area (TPSA) is 75.5 Å². The van der Waals surface area contributed by atoms with E-state index in [0.717, 1.165) is 0 Å². The number of rotatable bonds is 4. The molecule has 6 heteroatoms. The van der Waals surface area contributed by atoms with Crippen LogP contribution in [-0.2, 0) is 4.74 Å². The smallest absolute Gasteiger partial charge is 0.409 e. The number of aromatic nitrogens is 1. The van der Waals surface area contributed by atoms with Crippen molar-refractivity contribution in [1.82, 2.24) is 9.88 Å². The molecule has 2 heterocycles. The Hall–Kier alpha value is -3.85. The lowest BCUT2D eigenvalue weighted by Crippen LogP contribution is -2.32. The molecule has 1 fully saturated rings. The number of hydrogen-bond acceptors (Lipinski definition) is 5. The van der Waals surface area contributed by atoms with Gasteiger partial charge in [0.05, 0.1) is 18.2 Å². The standard InChI is InChI=1S/C25H21N3O3/c26-14-17-9-11-27-24(13-17)31-18-10-12-28(15-18)25(29)30-16-23-21-7-3-1-5-19(21)20-6-2-4-8-22(20)23/h1-9,11,13,18,23H,10,12,15-16H2. The van der Waals surface area contributed by atoms with Gasteiger partial charge in [-0.2, -0.15) is 5.26 Å². The largest absolute Gasteiger partial charge is 0.472 e. The van der Waals surface area contributed by atoms with Crippen molar-refractivity contribution in [3.63, 3.8) is 0 Å². The zero-order valence-corrected chi connectivity index (χ0v) is 16.9. The minimum Gasteiger partial charge on any atom is -0.472 e. The molecule has 1 aromatic heterocycles. The van der Waals surface area contributed by atoms with Gasteiger partial charge >= 0.3 is 6.09 Å². The average molecular weight is 411 g/mol. The van der Waals surface area contributed by atoms with Crippen LogP contribution in [0.5, 0.6) is 5.88 Å². The second kappa shape index (κ2) is 8.11. The Bertz CT molecular complexity index is 1120. The summed E-state index contributed by atoms with van der Waals surface area (Å²) in [4.78, 5) is 18.5. The summed E-state index contributed by atoms with van der Waals surface area (Å²) in [5, 5.41) is 9.01. The molecule has 154 valence electrons. The van der Waals surface area contributed by atoms with Gasteiger partial charge in [-0.25, -0.2) is 9.78 Å². The van der Waals surface area contributed by atoms with E-state index in [4.69, 9.17) is 14.7 Å². The van der Waals surface area contributed by atoms with Crippen molar-refractivity contribution in [1.29, 1.82) is 5.26 Å². The van der Waals surface area contributed by atoms with E-state index in [9.17, 15) is 4.79 Å². The number of hydrogen-bond donors (Lipinski definition) is 0. The van der Waals surface area contributed by atoms with Crippen LogP contribution < -0.4 is 4.74 Å². The molecular formula is C25H21N3O3. The van der Waals surface area contributed by atoms with Crippen molar-refractivity contribution in [3.05, 3.63) is 83.6 Å². The van der Waals surface area contributed by atoms with Gasteiger partial charge in [0, 0.05) is 31.1 Å². The summed E-state index contributed by atoms with van der Waals surface area (Å²) in [6.07, 6.45) is 1.75. The lowest BCUT2D eigenvalue weighted by molar-refractivity contribution is 0.102. The Labute approximate surface area is 180 Å². The highest BCUT2D eigenvalue weighted by Gasteiger charge is 2.32. The first-order valence-corrected chi connectivity index (χ1v) is 10.4. The van der Waals surface area contributed by atoms with Crippen LogP contribution in [0.2, 0.25) is 0 Å². The van der Waals surface area contributed by atoms with Gasteiger partial charge in [-0.15, -0.1) is 0 Å². The van der Waals surface area contributed by atoms with E-state index < -0.39 is 0 Å². The highest BCUT2D eigenvalue weighted by Crippen LogP contribution is 2.44. The molecule has 2 aromatic carbocycles. The van der Waals surface area contributed by atoms with Crippen LogP contribution in [0.4, 0.5) is 4.79 Å². The zero-order valence-electron chi connectivity index (χ0n) is 16.9. The molecule has 5 rings (SSSR count). The van der Waals surface area contributed by atoms with E-state index in [1.165, 1.54) is 22.3 Å². The average Bonchev–Trinajstić information content (AvgIpc) is 3.40. The normalized spacial score (nSPS) is 17.0. The van der Waals surface area contributed by atoms with Gasteiger partial charge in [-0.3, -0.25) is 0 Å². The van der Waals surface area contributed by atoms with E-state index in [-0.39, 0.29) is 18.1 Å². The van der Waals surface area contributed by atoms with Crippen molar-refractivity contribution in [2.45, 2.75) is 18.4 Å². The molecule has 1 aliphatic carbocycles. The molecular weight excluding hydrogens is 390 g/mol. The van der Waals surface area contributed by atoms with Crippen molar-refractivity contribution >= 4 is 6.09 Å². The molecule has 0 bridgehead atoms. The van der Waals surface area contributed by atoms with Crippen LogP contribution in [0.15, 0.2) is 66.9 Å². The Kier molecular flexibility index (Phi) is 5.01. The number of nitrogens with zero attached hydrogens (tertiary/aromatic N) is 3. The van der Waals surface area contributed by atoms with Crippen molar-refractivity contribution in [2.24, 2.45) is 0 Å². The number of benzene rings is 2. The summed E-state index contributed by atoms with van der Waals surface area (Å²) in [5.41, 5.74) is 5.31. The maximum atomic E-state index is 12.7. The van der Waals surface area contributed by atoms with E-state index in [2.05, 4.69) is 35.3 Å². The van der Waals surface area contributed by atoms with Crippen LogP contribution in [0.3, 0.4) is 0 Å². The fourth-order valence-corrected chi connectivity index (χ4v) is 4.39. The second-order valence-corrected chi connectivity index (χ2v) is 7.77.